The Balaban J connectivity index is 1.27. The lowest BCUT2D eigenvalue weighted by molar-refractivity contribution is -0.160. The van der Waals surface area contributed by atoms with E-state index in [2.05, 4.69) is 5.32 Å². The molecule has 1 saturated heterocycles. The van der Waals surface area contributed by atoms with E-state index in [1.807, 2.05) is 88.4 Å². The summed E-state index contributed by atoms with van der Waals surface area (Å²) in [6, 6.07) is 20.6. The van der Waals surface area contributed by atoms with Crippen LogP contribution in [0.4, 0.5) is 5.69 Å². The van der Waals surface area contributed by atoms with Crippen LogP contribution in [0.2, 0.25) is 0 Å². The van der Waals surface area contributed by atoms with Crippen molar-refractivity contribution in [2.45, 2.75) is 52.0 Å². The summed E-state index contributed by atoms with van der Waals surface area (Å²) in [5, 5.41) is 2.79. The Hall–Kier alpha value is -4.26. The van der Waals surface area contributed by atoms with Gasteiger partial charge in [-0.1, -0.05) is 74.5 Å². The largest absolute Gasteiger partial charge is 0.454 e. The first kappa shape index (κ1) is 26.9. The first-order valence-corrected chi connectivity index (χ1v) is 14.3. The molecular formula is C34H34N2O5. The number of ether oxygens (including phenoxy) is 1. The fourth-order valence-corrected chi connectivity index (χ4v) is 7.07. The van der Waals surface area contributed by atoms with Gasteiger partial charge in [-0.3, -0.25) is 19.3 Å². The summed E-state index contributed by atoms with van der Waals surface area (Å²) >= 11 is 0. The summed E-state index contributed by atoms with van der Waals surface area (Å²) in [6.07, 6.45) is 0.254. The molecule has 3 aromatic carbocycles. The van der Waals surface area contributed by atoms with Crippen LogP contribution in [-0.4, -0.2) is 41.2 Å². The molecule has 210 valence electrons. The number of anilines is 1. The second-order valence-electron chi connectivity index (χ2n) is 11.9. The average Bonchev–Trinajstić information content (AvgIpc) is 3.22. The molecule has 1 N–H and O–H groups in total. The Kier molecular flexibility index (Phi) is 6.76. The van der Waals surface area contributed by atoms with Crippen molar-refractivity contribution in [3.05, 3.63) is 100 Å². The van der Waals surface area contributed by atoms with Gasteiger partial charge in [0.15, 0.2) is 6.61 Å². The van der Waals surface area contributed by atoms with Gasteiger partial charge in [-0.2, -0.15) is 0 Å². The topological polar surface area (TPSA) is 92.8 Å². The van der Waals surface area contributed by atoms with Crippen LogP contribution in [0.25, 0.3) is 0 Å². The van der Waals surface area contributed by atoms with Crippen molar-refractivity contribution in [1.29, 1.82) is 0 Å². The molecule has 0 radical (unpaired) electrons. The second-order valence-corrected chi connectivity index (χ2v) is 11.9. The maximum Gasteiger partial charge on any atom is 0.329 e. The van der Waals surface area contributed by atoms with Crippen LogP contribution >= 0.6 is 0 Å². The normalized spacial score (nSPS) is 22.7. The highest BCUT2D eigenvalue weighted by molar-refractivity contribution is 6.10. The van der Waals surface area contributed by atoms with Gasteiger partial charge < -0.3 is 10.1 Å². The van der Waals surface area contributed by atoms with E-state index in [4.69, 9.17) is 4.74 Å². The number of amides is 3. The highest BCUT2D eigenvalue weighted by atomic mass is 16.5. The molecule has 2 bridgehead atoms. The number of hydrogen-bond donors (Lipinski definition) is 1. The number of aryl methyl sites for hydroxylation is 1. The molecule has 3 aliphatic carbocycles. The third-order valence-corrected chi connectivity index (χ3v) is 8.99. The molecular weight excluding hydrogens is 516 g/mol. The first-order valence-electron chi connectivity index (χ1n) is 14.3. The highest BCUT2D eigenvalue weighted by Gasteiger charge is 2.63. The van der Waals surface area contributed by atoms with E-state index in [0.29, 0.717) is 5.69 Å². The van der Waals surface area contributed by atoms with Crippen LogP contribution in [-0.2, 0) is 23.9 Å². The maximum atomic E-state index is 14.2. The smallest absolute Gasteiger partial charge is 0.329 e. The Morgan fingerprint density at radius 1 is 0.805 bits per heavy atom. The SMILES string of the molecule is Cc1cccc(NC(=O)COC(=O)[C@H](CC(C)C)N2C(=O)[C@@H]3C4c5ccccc5C(c5ccccc54)[C@@H]3C2=O)c1C. The summed E-state index contributed by atoms with van der Waals surface area (Å²) in [5.74, 6) is -3.53. The monoisotopic (exact) mass is 550 g/mol. The van der Waals surface area contributed by atoms with Crippen molar-refractivity contribution in [3.8, 4) is 0 Å². The zero-order valence-corrected chi connectivity index (χ0v) is 23.7. The Morgan fingerprint density at radius 3 is 1.80 bits per heavy atom. The van der Waals surface area contributed by atoms with E-state index in [1.165, 1.54) is 0 Å². The van der Waals surface area contributed by atoms with E-state index in [-0.39, 0.29) is 36.0 Å². The number of carbonyl (C=O) groups excluding carboxylic acids is 4. The predicted molar refractivity (Wildman–Crippen MR) is 154 cm³/mol. The zero-order chi connectivity index (χ0) is 29.0. The molecule has 41 heavy (non-hydrogen) atoms. The summed E-state index contributed by atoms with van der Waals surface area (Å²) in [5.41, 5.74) is 6.91. The molecule has 7 rings (SSSR count). The average molecular weight is 551 g/mol. The lowest BCUT2D eigenvalue weighted by atomic mass is 9.55. The number of likely N-dealkylation sites (tertiary alicyclic amines) is 1. The molecule has 3 amide bonds. The fraction of sp³-hybridized carbons (Fsp3) is 0.353. The van der Waals surface area contributed by atoms with E-state index < -0.39 is 36.4 Å². The van der Waals surface area contributed by atoms with Gasteiger partial charge in [-0.15, -0.1) is 0 Å². The number of carbonyl (C=O) groups is 4. The molecule has 1 heterocycles. The minimum absolute atomic E-state index is 0.00524. The van der Waals surface area contributed by atoms with Gasteiger partial charge in [0.2, 0.25) is 11.8 Å². The van der Waals surface area contributed by atoms with Gasteiger partial charge in [-0.05, 0) is 65.6 Å². The van der Waals surface area contributed by atoms with Crippen LogP contribution in [0.15, 0.2) is 66.7 Å². The zero-order valence-electron chi connectivity index (χ0n) is 23.7. The van der Waals surface area contributed by atoms with E-state index in [0.717, 1.165) is 38.3 Å². The molecule has 0 spiro atoms. The van der Waals surface area contributed by atoms with Gasteiger partial charge in [0, 0.05) is 17.5 Å². The second kappa shape index (κ2) is 10.3. The number of hydrogen-bond acceptors (Lipinski definition) is 5. The van der Waals surface area contributed by atoms with Crippen LogP contribution in [0, 0.1) is 31.6 Å². The van der Waals surface area contributed by atoms with E-state index >= 15 is 0 Å². The third kappa shape index (κ3) is 4.35. The number of nitrogens with one attached hydrogen (secondary N) is 1. The Morgan fingerprint density at radius 2 is 1.32 bits per heavy atom. The fourth-order valence-electron chi connectivity index (χ4n) is 7.07. The van der Waals surface area contributed by atoms with Gasteiger partial charge in [-0.25, -0.2) is 4.79 Å². The molecule has 7 nitrogen and oxygen atoms in total. The minimum Gasteiger partial charge on any atom is -0.454 e. The predicted octanol–water partition coefficient (Wildman–Crippen LogP) is 5.09. The Labute approximate surface area is 239 Å². The lowest BCUT2D eigenvalue weighted by Crippen LogP contribution is -2.47. The molecule has 0 unspecified atom stereocenters. The van der Waals surface area contributed by atoms with Crippen molar-refractivity contribution in [2.24, 2.45) is 17.8 Å². The number of benzene rings is 3. The first-order chi connectivity index (χ1) is 19.7. The molecule has 4 aliphatic rings. The quantitative estimate of drug-likeness (QED) is 0.327. The van der Waals surface area contributed by atoms with Crippen LogP contribution in [0.5, 0.6) is 0 Å². The van der Waals surface area contributed by atoms with Crippen molar-refractivity contribution in [3.63, 3.8) is 0 Å². The molecule has 3 aromatic rings. The molecule has 1 aliphatic heterocycles. The van der Waals surface area contributed by atoms with Crippen LogP contribution < -0.4 is 5.32 Å². The van der Waals surface area contributed by atoms with E-state index in [9.17, 15) is 19.2 Å². The van der Waals surface area contributed by atoms with Gasteiger partial charge in [0.05, 0.1) is 11.8 Å². The van der Waals surface area contributed by atoms with Crippen molar-refractivity contribution >= 4 is 29.4 Å². The van der Waals surface area contributed by atoms with Gasteiger partial charge in [0.1, 0.15) is 6.04 Å². The van der Waals surface area contributed by atoms with Crippen LogP contribution in [0.3, 0.4) is 0 Å². The number of rotatable bonds is 7. The third-order valence-electron chi connectivity index (χ3n) is 8.99. The summed E-state index contributed by atoms with van der Waals surface area (Å²) < 4.78 is 5.47. The number of nitrogens with zero attached hydrogens (tertiary/aromatic N) is 1. The molecule has 3 atom stereocenters. The van der Waals surface area contributed by atoms with E-state index in [1.54, 1.807) is 6.07 Å². The molecule has 0 aromatic heterocycles. The maximum absolute atomic E-state index is 14.2. The Bertz CT molecular complexity index is 1460. The summed E-state index contributed by atoms with van der Waals surface area (Å²) in [7, 11) is 0. The molecule has 7 heteroatoms. The number of esters is 1. The summed E-state index contributed by atoms with van der Waals surface area (Å²) in [4.78, 5) is 55.7. The van der Waals surface area contributed by atoms with Gasteiger partial charge in [0.25, 0.3) is 5.91 Å². The van der Waals surface area contributed by atoms with Crippen molar-refractivity contribution < 1.29 is 23.9 Å². The lowest BCUT2D eigenvalue weighted by Gasteiger charge is -2.45. The van der Waals surface area contributed by atoms with Crippen molar-refractivity contribution in [2.75, 3.05) is 11.9 Å². The standard InChI is InChI=1S/C34H34N2O5/c1-18(2)16-26(34(40)41-17-27(37)35-25-15-9-10-19(3)20(25)4)36-32(38)30-28-21-11-5-6-12-22(21)29(31(30)33(36)39)24-14-8-7-13-23(24)28/h5-15,18,26,28-31H,16-17H2,1-4H3,(H,35,37)/t26-,28?,29?,30-,31+/m0/s1. The van der Waals surface area contributed by atoms with Crippen LogP contribution in [0.1, 0.15) is 65.5 Å². The molecule has 0 saturated carbocycles. The van der Waals surface area contributed by atoms with Crippen molar-refractivity contribution in [1.82, 2.24) is 4.90 Å². The number of imide groups is 1. The molecule has 1 fully saturated rings. The van der Waals surface area contributed by atoms with Gasteiger partial charge >= 0.3 is 5.97 Å². The summed E-state index contributed by atoms with van der Waals surface area (Å²) in [6.45, 7) is 7.21. The highest BCUT2D eigenvalue weighted by Crippen LogP contribution is 2.61. The minimum atomic E-state index is -1.10.